The first-order valence-electron chi connectivity index (χ1n) is 4.02. The zero-order chi connectivity index (χ0) is 12.3. The highest BCUT2D eigenvalue weighted by atomic mass is 16.4. The van der Waals surface area contributed by atoms with Gasteiger partial charge in [-0.05, 0) is 18.2 Å². The topological polar surface area (TPSA) is 115 Å². The number of ketones is 1. The summed E-state index contributed by atoms with van der Waals surface area (Å²) in [5.74, 6) is -3.71. The lowest BCUT2D eigenvalue weighted by Crippen LogP contribution is -2.06. The number of carboxylic acid groups (broad SMARTS) is 2. The Morgan fingerprint density at radius 2 is 1.31 bits per heavy atom. The summed E-state index contributed by atoms with van der Waals surface area (Å²) in [6.45, 7) is 0. The molecule has 0 atom stereocenters. The minimum atomic E-state index is -1.37. The van der Waals surface area contributed by atoms with Gasteiger partial charge >= 0.3 is 11.9 Å². The molecule has 0 aliphatic heterocycles. The number of aromatic carboxylic acids is 2. The van der Waals surface area contributed by atoms with Crippen LogP contribution < -0.4 is 0 Å². The van der Waals surface area contributed by atoms with Crippen molar-refractivity contribution in [3.05, 3.63) is 34.9 Å². The van der Waals surface area contributed by atoms with Crippen molar-refractivity contribution in [3.63, 3.8) is 0 Å². The summed E-state index contributed by atoms with van der Waals surface area (Å²) in [6, 6.07) is 4.12. The molecule has 6 heteroatoms. The van der Waals surface area contributed by atoms with Crippen LogP contribution in [0.25, 0.3) is 0 Å². The standard InChI is InChI=1S/C10H5NO5/c11-4-8(12)5-1-6(9(13)14)3-7(2-5)10(15)16/h1-3H,(H,13,14)(H,15,16). The molecule has 1 aromatic carbocycles. The summed E-state index contributed by atoms with van der Waals surface area (Å²) in [4.78, 5) is 32.3. The van der Waals surface area contributed by atoms with Crippen molar-refractivity contribution in [1.82, 2.24) is 0 Å². The summed E-state index contributed by atoms with van der Waals surface area (Å²) in [5, 5.41) is 25.7. The molecule has 0 fully saturated rings. The summed E-state index contributed by atoms with van der Waals surface area (Å²) in [6.07, 6.45) is 0. The molecule has 0 aliphatic rings. The molecule has 0 saturated heterocycles. The van der Waals surface area contributed by atoms with Crippen molar-refractivity contribution < 1.29 is 24.6 Å². The number of nitrogens with zero attached hydrogens (tertiary/aromatic N) is 1. The Balaban J connectivity index is 3.42. The molecule has 0 aromatic heterocycles. The molecular weight excluding hydrogens is 214 g/mol. The Bertz CT molecular complexity index is 494. The minimum Gasteiger partial charge on any atom is -0.478 e. The van der Waals surface area contributed by atoms with Crippen LogP contribution in [0.5, 0.6) is 0 Å². The second-order valence-electron chi connectivity index (χ2n) is 2.85. The highest BCUT2D eigenvalue weighted by molar-refractivity contribution is 6.09. The van der Waals surface area contributed by atoms with E-state index in [1.807, 2.05) is 0 Å². The van der Waals surface area contributed by atoms with Crippen LogP contribution in [-0.4, -0.2) is 27.9 Å². The Kier molecular flexibility index (Phi) is 3.01. The fourth-order valence-electron chi connectivity index (χ4n) is 1.07. The van der Waals surface area contributed by atoms with Gasteiger partial charge in [0.05, 0.1) is 11.1 Å². The second-order valence-corrected chi connectivity index (χ2v) is 2.85. The number of benzene rings is 1. The fraction of sp³-hybridized carbons (Fsp3) is 0. The molecule has 0 aliphatic carbocycles. The molecule has 0 unspecified atom stereocenters. The maximum Gasteiger partial charge on any atom is 0.335 e. The van der Waals surface area contributed by atoms with Gasteiger partial charge in [0.15, 0.2) is 0 Å². The quantitative estimate of drug-likeness (QED) is 0.573. The van der Waals surface area contributed by atoms with Gasteiger partial charge in [0.25, 0.3) is 5.78 Å². The van der Waals surface area contributed by atoms with Gasteiger partial charge in [-0.25, -0.2) is 9.59 Å². The zero-order valence-corrected chi connectivity index (χ0v) is 7.80. The number of hydrogen-bond donors (Lipinski definition) is 2. The van der Waals surface area contributed by atoms with Crippen molar-refractivity contribution in [2.75, 3.05) is 0 Å². The minimum absolute atomic E-state index is 0.250. The third kappa shape index (κ3) is 2.22. The Hall–Kier alpha value is -2.68. The van der Waals surface area contributed by atoms with Crippen LogP contribution in [0.3, 0.4) is 0 Å². The van der Waals surface area contributed by atoms with Gasteiger partial charge in [-0.2, -0.15) is 5.26 Å². The third-order valence-corrected chi connectivity index (χ3v) is 1.79. The largest absolute Gasteiger partial charge is 0.478 e. The SMILES string of the molecule is N#CC(=O)c1cc(C(=O)O)cc(C(=O)O)c1. The molecule has 0 amide bonds. The van der Waals surface area contributed by atoms with E-state index >= 15 is 0 Å². The van der Waals surface area contributed by atoms with E-state index in [1.165, 1.54) is 6.07 Å². The number of carboxylic acids is 2. The van der Waals surface area contributed by atoms with Crippen molar-refractivity contribution in [1.29, 1.82) is 5.26 Å². The normalized spacial score (nSPS) is 9.19. The molecule has 16 heavy (non-hydrogen) atoms. The number of nitriles is 1. The van der Waals surface area contributed by atoms with Crippen LogP contribution in [0.15, 0.2) is 18.2 Å². The van der Waals surface area contributed by atoms with Crippen LogP contribution in [0, 0.1) is 11.3 Å². The van der Waals surface area contributed by atoms with Crippen LogP contribution in [0.2, 0.25) is 0 Å². The molecule has 0 spiro atoms. The predicted octanol–water partition coefficient (Wildman–Crippen LogP) is 0.789. The van der Waals surface area contributed by atoms with Crippen molar-refractivity contribution in [2.24, 2.45) is 0 Å². The number of hydrogen-bond acceptors (Lipinski definition) is 4. The van der Waals surface area contributed by atoms with Gasteiger partial charge in [-0.15, -0.1) is 0 Å². The van der Waals surface area contributed by atoms with E-state index in [-0.39, 0.29) is 16.7 Å². The van der Waals surface area contributed by atoms with E-state index in [0.717, 1.165) is 18.2 Å². The monoisotopic (exact) mass is 219 g/mol. The fourth-order valence-corrected chi connectivity index (χ4v) is 1.07. The van der Waals surface area contributed by atoms with Crippen LogP contribution in [-0.2, 0) is 0 Å². The maximum absolute atomic E-state index is 11.0. The third-order valence-electron chi connectivity index (χ3n) is 1.79. The van der Waals surface area contributed by atoms with Crippen LogP contribution >= 0.6 is 0 Å². The predicted molar refractivity (Wildman–Crippen MR) is 50.3 cm³/mol. The number of carbonyl (C=O) groups is 3. The van der Waals surface area contributed by atoms with Gasteiger partial charge in [0.2, 0.25) is 0 Å². The molecule has 0 bridgehead atoms. The molecule has 2 N–H and O–H groups in total. The maximum atomic E-state index is 11.0. The van der Waals surface area contributed by atoms with Crippen LogP contribution in [0.1, 0.15) is 31.1 Å². The first-order valence-corrected chi connectivity index (χ1v) is 4.02. The van der Waals surface area contributed by atoms with E-state index in [0.29, 0.717) is 0 Å². The summed E-state index contributed by atoms with van der Waals surface area (Å²) in [7, 11) is 0. The lowest BCUT2D eigenvalue weighted by molar-refractivity contribution is 0.0696. The Morgan fingerprint density at radius 3 is 1.62 bits per heavy atom. The smallest absolute Gasteiger partial charge is 0.335 e. The van der Waals surface area contributed by atoms with Gasteiger partial charge < -0.3 is 10.2 Å². The van der Waals surface area contributed by atoms with Crippen molar-refractivity contribution in [3.8, 4) is 6.07 Å². The average molecular weight is 219 g/mol. The number of carbonyl (C=O) groups excluding carboxylic acids is 1. The van der Waals surface area contributed by atoms with E-state index in [4.69, 9.17) is 15.5 Å². The summed E-state index contributed by atoms with van der Waals surface area (Å²) < 4.78 is 0. The van der Waals surface area contributed by atoms with Crippen molar-refractivity contribution >= 4 is 17.7 Å². The number of Topliss-reactive ketones (excluding diaryl/α,β-unsaturated/α-hetero) is 1. The summed E-state index contributed by atoms with van der Waals surface area (Å²) >= 11 is 0. The van der Waals surface area contributed by atoms with E-state index in [9.17, 15) is 14.4 Å². The van der Waals surface area contributed by atoms with Crippen LogP contribution in [0.4, 0.5) is 0 Å². The first-order chi connectivity index (χ1) is 7.45. The summed E-state index contributed by atoms with van der Waals surface area (Å²) in [5.41, 5.74) is -0.947. The van der Waals surface area contributed by atoms with E-state index in [1.54, 1.807) is 0 Å². The second kappa shape index (κ2) is 4.23. The molecule has 0 radical (unpaired) electrons. The molecular formula is C10H5NO5. The van der Waals surface area contributed by atoms with Gasteiger partial charge in [-0.3, -0.25) is 4.79 Å². The van der Waals surface area contributed by atoms with Gasteiger partial charge in [0, 0.05) is 5.56 Å². The highest BCUT2D eigenvalue weighted by Crippen LogP contribution is 2.11. The van der Waals surface area contributed by atoms with E-state index in [2.05, 4.69) is 0 Å². The lowest BCUT2D eigenvalue weighted by Gasteiger charge is -2.00. The lowest BCUT2D eigenvalue weighted by atomic mass is 10.0. The Labute approximate surface area is 89.4 Å². The molecule has 1 aromatic rings. The molecule has 0 saturated carbocycles. The highest BCUT2D eigenvalue weighted by Gasteiger charge is 2.14. The number of rotatable bonds is 3. The zero-order valence-electron chi connectivity index (χ0n) is 7.80. The average Bonchev–Trinajstić information content (AvgIpc) is 2.27. The molecule has 80 valence electrons. The van der Waals surface area contributed by atoms with E-state index < -0.39 is 17.7 Å². The van der Waals surface area contributed by atoms with Gasteiger partial charge in [-0.1, -0.05) is 0 Å². The molecule has 6 nitrogen and oxygen atoms in total. The molecule has 0 heterocycles. The van der Waals surface area contributed by atoms with Gasteiger partial charge in [0.1, 0.15) is 6.07 Å². The Morgan fingerprint density at radius 1 is 0.938 bits per heavy atom. The first kappa shape index (κ1) is 11.4. The van der Waals surface area contributed by atoms with Crippen molar-refractivity contribution in [2.45, 2.75) is 0 Å². The molecule has 1 rings (SSSR count).